The molecule has 2 aliphatic rings. The Hall–Kier alpha value is -0.650. The number of hydrogen-bond donors (Lipinski definition) is 1. The number of carbonyl (C=O) groups is 1. The first-order valence-electron chi connectivity index (χ1n) is 6.40. The lowest BCUT2D eigenvalue weighted by molar-refractivity contribution is -0.138. The third-order valence-electron chi connectivity index (χ3n) is 3.90. The molecule has 1 N–H and O–H groups in total. The summed E-state index contributed by atoms with van der Waals surface area (Å²) in [5, 5.41) is 8.78. The van der Waals surface area contributed by atoms with E-state index in [2.05, 4.69) is 4.90 Å². The zero-order chi connectivity index (χ0) is 12.3. The molecular weight excluding hydrogens is 220 g/mol. The van der Waals surface area contributed by atoms with E-state index in [9.17, 15) is 4.79 Å². The molecule has 0 bridgehead atoms. The van der Waals surface area contributed by atoms with Crippen molar-refractivity contribution in [2.75, 3.05) is 39.8 Å². The number of carboxylic acids is 1. The van der Waals surface area contributed by atoms with Crippen LogP contribution in [0.4, 0.5) is 0 Å². The molecule has 0 spiro atoms. The van der Waals surface area contributed by atoms with Gasteiger partial charge >= 0.3 is 5.97 Å². The number of hydrogen-bond acceptors (Lipinski definition) is 4. The molecule has 0 atom stereocenters. The molecule has 5 heteroatoms. The molecule has 0 amide bonds. The van der Waals surface area contributed by atoms with Gasteiger partial charge < -0.3 is 9.84 Å². The number of carboxylic acid groups (broad SMARTS) is 1. The highest BCUT2D eigenvalue weighted by atomic mass is 16.5. The first-order valence-corrected chi connectivity index (χ1v) is 6.40. The summed E-state index contributed by atoms with van der Waals surface area (Å²) in [6.45, 7) is 4.05. The van der Waals surface area contributed by atoms with Gasteiger partial charge in [0.25, 0.3) is 0 Å². The molecule has 0 aromatic carbocycles. The Morgan fingerprint density at radius 1 is 1.29 bits per heavy atom. The molecule has 1 heterocycles. The van der Waals surface area contributed by atoms with Crippen molar-refractivity contribution >= 4 is 5.97 Å². The van der Waals surface area contributed by atoms with Crippen molar-refractivity contribution in [3.8, 4) is 0 Å². The molecule has 0 aromatic heterocycles. The Morgan fingerprint density at radius 3 is 2.71 bits per heavy atom. The monoisotopic (exact) mass is 242 g/mol. The van der Waals surface area contributed by atoms with Gasteiger partial charge in [0.15, 0.2) is 0 Å². The Kier molecular flexibility index (Phi) is 4.36. The standard InChI is InChI=1S/C12H22N2O3/c1-17-11-7-10(8-11)14-4-2-3-13(5-6-14)9-12(15)16/h10-11H,2-9H2,1H3,(H,15,16). The van der Waals surface area contributed by atoms with Gasteiger partial charge in [-0.2, -0.15) is 0 Å². The van der Waals surface area contributed by atoms with E-state index in [0.717, 1.165) is 45.4 Å². The number of nitrogens with zero attached hydrogens (tertiary/aromatic N) is 2. The van der Waals surface area contributed by atoms with E-state index in [0.29, 0.717) is 12.1 Å². The van der Waals surface area contributed by atoms with Gasteiger partial charge in [0, 0.05) is 32.8 Å². The molecule has 5 nitrogen and oxygen atoms in total. The van der Waals surface area contributed by atoms with E-state index in [1.807, 2.05) is 4.90 Å². The highest BCUT2D eigenvalue weighted by molar-refractivity contribution is 5.69. The summed E-state index contributed by atoms with van der Waals surface area (Å²) < 4.78 is 5.30. The molecule has 2 rings (SSSR count). The Bertz CT molecular complexity index is 266. The summed E-state index contributed by atoms with van der Waals surface area (Å²) in [4.78, 5) is 15.2. The smallest absolute Gasteiger partial charge is 0.317 e. The highest BCUT2D eigenvalue weighted by Crippen LogP contribution is 2.28. The summed E-state index contributed by atoms with van der Waals surface area (Å²) in [7, 11) is 1.78. The van der Waals surface area contributed by atoms with Crippen LogP contribution in [0.3, 0.4) is 0 Å². The maximum atomic E-state index is 10.7. The topological polar surface area (TPSA) is 53.0 Å². The van der Waals surface area contributed by atoms with Crippen LogP contribution in [0.25, 0.3) is 0 Å². The molecule has 98 valence electrons. The number of methoxy groups -OCH3 is 1. The van der Waals surface area contributed by atoms with E-state index in [1.54, 1.807) is 7.11 Å². The van der Waals surface area contributed by atoms with Gasteiger partial charge in [-0.3, -0.25) is 14.6 Å². The molecule has 2 fully saturated rings. The van der Waals surface area contributed by atoms with Crippen LogP contribution in [0.5, 0.6) is 0 Å². The van der Waals surface area contributed by atoms with Crippen molar-refractivity contribution in [3.05, 3.63) is 0 Å². The van der Waals surface area contributed by atoms with Crippen LogP contribution in [-0.4, -0.2) is 72.9 Å². The van der Waals surface area contributed by atoms with Crippen LogP contribution >= 0.6 is 0 Å². The third kappa shape index (κ3) is 3.40. The molecule has 1 aliphatic heterocycles. The molecule has 0 aromatic rings. The van der Waals surface area contributed by atoms with Gasteiger partial charge in [0.2, 0.25) is 0 Å². The lowest BCUT2D eigenvalue weighted by Crippen LogP contribution is -2.49. The quantitative estimate of drug-likeness (QED) is 0.766. The molecular formula is C12H22N2O3. The van der Waals surface area contributed by atoms with Crippen molar-refractivity contribution in [2.24, 2.45) is 0 Å². The lowest BCUT2D eigenvalue weighted by atomic mass is 9.87. The second-order valence-corrected chi connectivity index (χ2v) is 5.04. The lowest BCUT2D eigenvalue weighted by Gasteiger charge is -2.41. The fraction of sp³-hybridized carbons (Fsp3) is 0.917. The van der Waals surface area contributed by atoms with Crippen molar-refractivity contribution < 1.29 is 14.6 Å². The predicted molar refractivity (Wildman–Crippen MR) is 64.1 cm³/mol. The first-order chi connectivity index (χ1) is 8.19. The van der Waals surface area contributed by atoms with Gasteiger partial charge in [-0.1, -0.05) is 0 Å². The summed E-state index contributed by atoms with van der Waals surface area (Å²) in [5.74, 6) is -0.721. The van der Waals surface area contributed by atoms with E-state index < -0.39 is 5.97 Å². The Morgan fingerprint density at radius 2 is 2.06 bits per heavy atom. The summed E-state index contributed by atoms with van der Waals surface area (Å²) in [6, 6.07) is 0.657. The van der Waals surface area contributed by atoms with Gasteiger partial charge in [-0.05, 0) is 25.8 Å². The zero-order valence-electron chi connectivity index (χ0n) is 10.5. The predicted octanol–water partition coefficient (Wildman–Crippen LogP) is 0.256. The van der Waals surface area contributed by atoms with Crippen LogP contribution in [0, 0.1) is 0 Å². The third-order valence-corrected chi connectivity index (χ3v) is 3.90. The van der Waals surface area contributed by atoms with Crippen LogP contribution in [0.1, 0.15) is 19.3 Å². The van der Waals surface area contributed by atoms with E-state index in [1.165, 1.54) is 0 Å². The Labute approximate surface area is 102 Å². The molecule has 17 heavy (non-hydrogen) atoms. The molecule has 0 unspecified atom stereocenters. The van der Waals surface area contributed by atoms with Crippen LogP contribution < -0.4 is 0 Å². The van der Waals surface area contributed by atoms with Crippen molar-refractivity contribution in [3.63, 3.8) is 0 Å². The van der Waals surface area contributed by atoms with Crippen molar-refractivity contribution in [1.29, 1.82) is 0 Å². The average molecular weight is 242 g/mol. The largest absolute Gasteiger partial charge is 0.480 e. The second-order valence-electron chi connectivity index (χ2n) is 5.04. The van der Waals surface area contributed by atoms with Gasteiger partial charge in [0.1, 0.15) is 0 Å². The van der Waals surface area contributed by atoms with Gasteiger partial charge in [-0.15, -0.1) is 0 Å². The SMILES string of the molecule is COC1CC(N2CCCN(CC(=O)O)CC2)C1. The van der Waals surface area contributed by atoms with Crippen LogP contribution in [0.15, 0.2) is 0 Å². The van der Waals surface area contributed by atoms with Crippen LogP contribution in [-0.2, 0) is 9.53 Å². The second kappa shape index (κ2) is 5.80. The maximum Gasteiger partial charge on any atom is 0.317 e. The zero-order valence-corrected chi connectivity index (χ0v) is 10.5. The minimum absolute atomic E-state index is 0.180. The number of ether oxygens (including phenoxy) is 1. The summed E-state index contributed by atoms with van der Waals surface area (Å²) in [6.07, 6.45) is 3.78. The van der Waals surface area contributed by atoms with E-state index in [-0.39, 0.29) is 6.54 Å². The minimum Gasteiger partial charge on any atom is -0.480 e. The van der Waals surface area contributed by atoms with Crippen molar-refractivity contribution in [1.82, 2.24) is 9.80 Å². The molecule has 1 saturated heterocycles. The fourth-order valence-corrected chi connectivity index (χ4v) is 2.73. The number of aliphatic carboxylic acids is 1. The minimum atomic E-state index is -0.721. The fourth-order valence-electron chi connectivity index (χ4n) is 2.73. The molecule has 0 radical (unpaired) electrons. The van der Waals surface area contributed by atoms with Crippen LogP contribution in [0.2, 0.25) is 0 Å². The summed E-state index contributed by atoms with van der Waals surface area (Å²) in [5.41, 5.74) is 0. The Balaban J connectivity index is 1.74. The highest BCUT2D eigenvalue weighted by Gasteiger charge is 2.34. The normalized spacial score (nSPS) is 31.8. The molecule has 1 saturated carbocycles. The molecule has 1 aliphatic carbocycles. The van der Waals surface area contributed by atoms with E-state index >= 15 is 0 Å². The maximum absolute atomic E-state index is 10.7. The van der Waals surface area contributed by atoms with Gasteiger partial charge in [-0.25, -0.2) is 0 Å². The van der Waals surface area contributed by atoms with Gasteiger partial charge in [0.05, 0.1) is 12.6 Å². The summed E-state index contributed by atoms with van der Waals surface area (Å²) >= 11 is 0. The first kappa shape index (κ1) is 12.8. The van der Waals surface area contributed by atoms with Crippen molar-refractivity contribution in [2.45, 2.75) is 31.4 Å². The van der Waals surface area contributed by atoms with E-state index in [4.69, 9.17) is 9.84 Å². The number of rotatable bonds is 4. The average Bonchev–Trinajstić information content (AvgIpc) is 2.42.